The van der Waals surface area contributed by atoms with Gasteiger partial charge in [-0.15, -0.1) is 0 Å². The first-order chi connectivity index (χ1) is 22.5. The van der Waals surface area contributed by atoms with Gasteiger partial charge in [0.1, 0.15) is 0 Å². The second-order valence-electron chi connectivity index (χ2n) is 11.3. The van der Waals surface area contributed by atoms with Gasteiger partial charge in [-0.3, -0.25) is 0 Å². The Morgan fingerprint density at radius 1 is 0.404 bits per heavy atom. The fourth-order valence-electron chi connectivity index (χ4n) is 6.00. The average Bonchev–Trinajstić information content (AvgIpc) is 3.04. The number of isocyanates is 2. The van der Waals surface area contributed by atoms with Crippen molar-refractivity contribution >= 4 is 85.1 Å². The van der Waals surface area contributed by atoms with Crippen LogP contribution in [0.2, 0.25) is 26.2 Å². The second-order valence-corrected chi connectivity index (χ2v) is 29.3. The van der Waals surface area contributed by atoms with Crippen LogP contribution in [0.15, 0.2) is 131 Å². The largest absolute Gasteiger partial charge is 0.474 e. The number of nitrogens with zero attached hydrogens (tertiary/aromatic N) is 2. The van der Waals surface area contributed by atoms with Gasteiger partial charge in [0, 0.05) is 26.2 Å². The van der Waals surface area contributed by atoms with Gasteiger partial charge < -0.3 is 28.8 Å². The molecule has 0 spiro atoms. The molecule has 2 aliphatic heterocycles. The predicted octanol–water partition coefficient (Wildman–Crippen LogP) is 2.59. The highest BCUT2D eigenvalue weighted by molar-refractivity contribution is 7.10. The lowest BCUT2D eigenvalue weighted by molar-refractivity contribution is 0.116. The zero-order valence-corrected chi connectivity index (χ0v) is 32.1. The first-order valence-corrected chi connectivity index (χ1v) is 27.4. The van der Waals surface area contributed by atoms with Gasteiger partial charge in [-0.05, 0) is 20.7 Å². The number of hydrogen-bond acceptors (Lipinski definition) is 11. The summed E-state index contributed by atoms with van der Waals surface area (Å²) in [6.45, 7) is 6.46. The fourth-order valence-corrected chi connectivity index (χ4v) is 36.2. The lowest BCUT2D eigenvalue weighted by atomic mass is 10.4. The Hall–Kier alpha value is -3.34. The standard InChI is InChI=1S/C30H32N2O9Si6/c1-42(31-25-33)35-43(2,32-26-34)37-45(4)38-44(3,36-42)39-46(27-17-9-5-10-18-27,28-19-11-6-12-20-28)41-47(40-45,29-21-13-7-14-22-29)30-23-15-8-16-24-30/h5-24H,1-4H3. The monoisotopic (exact) mass is 732 g/mol. The molecule has 0 radical (unpaired) electrons. The molecule has 0 saturated carbocycles. The molecule has 4 unspecified atom stereocenters. The highest BCUT2D eigenvalue weighted by Crippen LogP contribution is 2.38. The van der Waals surface area contributed by atoms with E-state index in [2.05, 4.69) is 9.32 Å². The molecule has 2 bridgehead atoms. The van der Waals surface area contributed by atoms with Crippen LogP contribution < -0.4 is 20.7 Å². The van der Waals surface area contributed by atoms with E-state index in [-0.39, 0.29) is 0 Å². The van der Waals surface area contributed by atoms with Gasteiger partial charge in [0.25, 0.3) is 0 Å². The normalized spacial score (nSPS) is 29.8. The maximum atomic E-state index is 11.7. The third-order valence-corrected chi connectivity index (χ3v) is 32.5. The molecule has 0 aliphatic carbocycles. The van der Waals surface area contributed by atoms with Crippen LogP contribution in [0.5, 0.6) is 0 Å². The maximum absolute atomic E-state index is 11.7. The minimum absolute atomic E-state index is 0.778. The van der Waals surface area contributed by atoms with Gasteiger partial charge in [-0.25, -0.2) is 9.59 Å². The number of rotatable bonds is 6. The van der Waals surface area contributed by atoms with Crippen molar-refractivity contribution in [3.63, 3.8) is 0 Å². The molecule has 2 heterocycles. The Kier molecular flexibility index (Phi) is 9.24. The van der Waals surface area contributed by atoms with Crippen LogP contribution in [0, 0.1) is 0 Å². The summed E-state index contributed by atoms with van der Waals surface area (Å²) in [4.78, 5) is 23.5. The highest BCUT2D eigenvalue weighted by atomic mass is 28.6. The molecule has 4 aromatic carbocycles. The van der Waals surface area contributed by atoms with Crippen LogP contribution in [0.3, 0.4) is 0 Å². The van der Waals surface area contributed by atoms with Crippen molar-refractivity contribution in [2.75, 3.05) is 0 Å². The Morgan fingerprint density at radius 3 is 0.979 bits per heavy atom. The first kappa shape index (κ1) is 33.6. The second kappa shape index (κ2) is 12.9. The van der Waals surface area contributed by atoms with Gasteiger partial charge in [0.2, 0.25) is 12.2 Å². The van der Waals surface area contributed by atoms with Crippen molar-refractivity contribution in [1.82, 2.24) is 0 Å². The van der Waals surface area contributed by atoms with Gasteiger partial charge >= 0.3 is 52.2 Å². The SMILES string of the molecule is C[Si]1(N=C=O)O[Si](C)(N=C=O)O[Si]2(C)O[Si](C)(O1)O[Si](c1ccccc1)(c1ccccc1)O[Si](c1ccccc1)(c1ccccc1)O2. The molecule has 2 fully saturated rings. The minimum atomic E-state index is -4.03. The first-order valence-electron chi connectivity index (χ1n) is 14.8. The van der Waals surface area contributed by atoms with E-state index in [1.54, 1.807) is 25.3 Å². The predicted molar refractivity (Wildman–Crippen MR) is 186 cm³/mol. The lowest BCUT2D eigenvalue weighted by Crippen LogP contribution is -2.83. The van der Waals surface area contributed by atoms with Crippen molar-refractivity contribution in [2.24, 2.45) is 9.32 Å². The molecule has 0 amide bonds. The van der Waals surface area contributed by atoms with Crippen LogP contribution in [-0.2, 0) is 38.4 Å². The van der Waals surface area contributed by atoms with Gasteiger partial charge in [-0.1, -0.05) is 121 Å². The van der Waals surface area contributed by atoms with E-state index in [0.717, 1.165) is 20.7 Å². The molecule has 6 rings (SSSR count). The average molecular weight is 733 g/mol. The summed E-state index contributed by atoms with van der Waals surface area (Å²) in [7, 11) is -23.7. The molecule has 17 heteroatoms. The number of fused-ring (bicyclic) bond motifs is 2. The highest BCUT2D eigenvalue weighted by Gasteiger charge is 2.70. The molecule has 4 aromatic rings. The van der Waals surface area contributed by atoms with Crippen molar-refractivity contribution in [2.45, 2.75) is 26.2 Å². The molecule has 0 aromatic heterocycles. The van der Waals surface area contributed by atoms with Crippen LogP contribution in [0.4, 0.5) is 0 Å². The molecule has 47 heavy (non-hydrogen) atoms. The summed E-state index contributed by atoms with van der Waals surface area (Å²) in [5, 5.41) is 3.11. The minimum Gasteiger partial charge on any atom is -0.402 e. The van der Waals surface area contributed by atoms with Crippen LogP contribution >= 0.6 is 0 Å². The Morgan fingerprint density at radius 2 is 0.702 bits per heavy atom. The number of benzene rings is 4. The summed E-state index contributed by atoms with van der Waals surface area (Å²) in [6.07, 6.45) is 3.13. The summed E-state index contributed by atoms with van der Waals surface area (Å²) in [6, 6.07) is 38.8. The Bertz CT molecular complexity index is 1610. The van der Waals surface area contributed by atoms with Gasteiger partial charge in [0.15, 0.2) is 0 Å². The molecular formula is C30H32N2O9Si6. The van der Waals surface area contributed by atoms with E-state index in [9.17, 15) is 9.59 Å². The zero-order chi connectivity index (χ0) is 33.2. The van der Waals surface area contributed by atoms with Crippen LogP contribution in [0.25, 0.3) is 0 Å². The number of hydrogen-bond donors (Lipinski definition) is 0. The van der Waals surface area contributed by atoms with Crippen molar-refractivity contribution in [1.29, 1.82) is 0 Å². The van der Waals surface area contributed by atoms with E-state index in [1.807, 2.05) is 121 Å². The van der Waals surface area contributed by atoms with Crippen LogP contribution in [-0.4, -0.2) is 64.3 Å². The third-order valence-electron chi connectivity index (χ3n) is 7.56. The zero-order valence-electron chi connectivity index (χ0n) is 26.1. The smallest absolute Gasteiger partial charge is 0.402 e. The Balaban J connectivity index is 1.72. The summed E-state index contributed by atoms with van der Waals surface area (Å²) >= 11 is 0. The molecule has 2 saturated heterocycles. The summed E-state index contributed by atoms with van der Waals surface area (Å²) in [5.74, 6) is 0. The molecule has 2 aliphatic rings. The molecule has 4 atom stereocenters. The fraction of sp³-hybridized carbons (Fsp3) is 0.133. The molecule has 240 valence electrons. The topological polar surface area (TPSA) is 123 Å². The summed E-state index contributed by atoms with van der Waals surface area (Å²) < 4.78 is 57.1. The van der Waals surface area contributed by atoms with E-state index < -0.39 is 52.2 Å². The molecule has 11 nitrogen and oxygen atoms in total. The van der Waals surface area contributed by atoms with E-state index >= 15 is 0 Å². The van der Waals surface area contributed by atoms with Gasteiger partial charge in [-0.2, -0.15) is 9.32 Å². The Labute approximate surface area is 279 Å². The van der Waals surface area contributed by atoms with Crippen molar-refractivity contribution in [3.8, 4) is 0 Å². The third kappa shape index (κ3) is 6.69. The van der Waals surface area contributed by atoms with E-state index in [1.165, 1.54) is 13.1 Å². The van der Waals surface area contributed by atoms with E-state index in [0.29, 0.717) is 0 Å². The quantitative estimate of drug-likeness (QED) is 0.167. The van der Waals surface area contributed by atoms with Crippen molar-refractivity contribution in [3.05, 3.63) is 121 Å². The van der Waals surface area contributed by atoms with Gasteiger partial charge in [0.05, 0.1) is 0 Å². The summed E-state index contributed by atoms with van der Waals surface area (Å²) in [5.41, 5.74) is 0. The lowest BCUT2D eigenvalue weighted by Gasteiger charge is -2.53. The van der Waals surface area contributed by atoms with Crippen molar-refractivity contribution < 1.29 is 38.4 Å². The maximum Gasteiger partial charge on any atom is 0.474 e. The van der Waals surface area contributed by atoms with E-state index in [4.69, 9.17) is 28.8 Å². The molecule has 0 N–H and O–H groups in total. The number of carbonyl (C=O) groups excluding carboxylic acids is 2. The molecular weight excluding hydrogens is 701 g/mol. The van der Waals surface area contributed by atoms with Crippen LogP contribution in [0.1, 0.15) is 0 Å².